The van der Waals surface area contributed by atoms with Crippen LogP contribution >= 0.6 is 22.7 Å². The van der Waals surface area contributed by atoms with Gasteiger partial charge in [0.25, 0.3) is 0 Å². The lowest BCUT2D eigenvalue weighted by Gasteiger charge is -2.26. The molecule has 12 nitrogen and oxygen atoms in total. The number of halogens is 8. The SMILES string of the molecule is O=C(Cc1ccc(N(Cc2cncs2)c2ccc(OC(F)F)c(OC(F)F)c2)cc1)Oc1cc(N(Cc2cncs2)c2ccc(OC(F)F)c(OC(F)F)c2)ccc1C(=O)O. The minimum absolute atomic E-state index is 0.00812. The topological polar surface area (TPSA) is 133 Å². The Morgan fingerprint density at radius 2 is 0.967 bits per heavy atom. The van der Waals surface area contributed by atoms with Gasteiger partial charge in [-0.25, -0.2) is 4.79 Å². The Hall–Kier alpha value is -6.68. The zero-order chi connectivity index (χ0) is 43.6. The molecule has 0 radical (unpaired) electrons. The van der Waals surface area contributed by atoms with E-state index in [1.807, 2.05) is 0 Å². The minimum atomic E-state index is -3.40. The zero-order valence-electron chi connectivity index (χ0n) is 30.7. The van der Waals surface area contributed by atoms with E-state index in [1.165, 1.54) is 63.5 Å². The van der Waals surface area contributed by atoms with Crippen LogP contribution in [0.1, 0.15) is 25.7 Å². The summed E-state index contributed by atoms with van der Waals surface area (Å²) >= 11 is 2.51. The van der Waals surface area contributed by atoms with E-state index in [9.17, 15) is 49.8 Å². The van der Waals surface area contributed by atoms with Gasteiger partial charge in [0.2, 0.25) is 0 Å². The van der Waals surface area contributed by atoms with Crippen molar-refractivity contribution in [3.8, 4) is 28.7 Å². The van der Waals surface area contributed by atoms with Gasteiger partial charge in [-0.15, -0.1) is 22.7 Å². The molecule has 0 spiro atoms. The Balaban J connectivity index is 1.27. The smallest absolute Gasteiger partial charge is 0.387 e. The van der Waals surface area contributed by atoms with Crippen LogP contribution in [-0.4, -0.2) is 53.5 Å². The molecule has 6 rings (SSSR count). The number of rotatable bonds is 20. The molecule has 0 bridgehead atoms. The Morgan fingerprint density at radius 1 is 0.557 bits per heavy atom. The summed E-state index contributed by atoms with van der Waals surface area (Å²) in [6.07, 6.45) is 2.71. The van der Waals surface area contributed by atoms with Crippen LogP contribution in [0.3, 0.4) is 0 Å². The van der Waals surface area contributed by atoms with Gasteiger partial charge in [0, 0.05) is 63.1 Å². The fourth-order valence-electron chi connectivity index (χ4n) is 5.77. The highest BCUT2D eigenvalue weighted by molar-refractivity contribution is 7.09. The summed E-state index contributed by atoms with van der Waals surface area (Å²) in [6, 6.07) is 16.8. The largest absolute Gasteiger partial charge is 0.478 e. The lowest BCUT2D eigenvalue weighted by molar-refractivity contribution is -0.133. The quantitative estimate of drug-likeness (QED) is 0.0444. The van der Waals surface area contributed by atoms with Crippen molar-refractivity contribution in [1.29, 1.82) is 0 Å². The van der Waals surface area contributed by atoms with Gasteiger partial charge in [-0.3, -0.25) is 14.8 Å². The Kier molecular flexibility index (Phi) is 14.4. The molecule has 4 aromatic carbocycles. The number of carbonyl (C=O) groups is 2. The molecular weight excluding hydrogens is 869 g/mol. The van der Waals surface area contributed by atoms with E-state index in [-0.39, 0.29) is 42.3 Å². The second kappa shape index (κ2) is 20.1. The van der Waals surface area contributed by atoms with Crippen molar-refractivity contribution in [3.05, 3.63) is 123 Å². The average molecular weight is 897 g/mol. The van der Waals surface area contributed by atoms with E-state index in [4.69, 9.17) is 4.74 Å². The molecule has 1 N–H and O–H groups in total. The normalized spacial score (nSPS) is 11.3. The summed E-state index contributed by atoms with van der Waals surface area (Å²) in [6.45, 7) is -13.3. The van der Waals surface area contributed by atoms with Crippen LogP contribution in [-0.2, 0) is 24.3 Å². The Morgan fingerprint density at radius 3 is 1.39 bits per heavy atom. The third kappa shape index (κ3) is 12.0. The van der Waals surface area contributed by atoms with Crippen LogP contribution in [0.5, 0.6) is 28.7 Å². The number of hydrogen-bond donors (Lipinski definition) is 1. The molecule has 6 aromatic rings. The molecule has 61 heavy (non-hydrogen) atoms. The lowest BCUT2D eigenvalue weighted by atomic mass is 10.1. The van der Waals surface area contributed by atoms with E-state index in [2.05, 4.69) is 28.9 Å². The van der Waals surface area contributed by atoms with Crippen molar-refractivity contribution < 1.29 is 73.5 Å². The highest BCUT2D eigenvalue weighted by atomic mass is 32.1. The van der Waals surface area contributed by atoms with Crippen molar-refractivity contribution in [1.82, 2.24) is 9.97 Å². The van der Waals surface area contributed by atoms with Crippen molar-refractivity contribution in [2.75, 3.05) is 9.80 Å². The maximum atomic E-state index is 13.4. The Bertz CT molecular complexity index is 2400. The predicted molar refractivity (Wildman–Crippen MR) is 205 cm³/mol. The van der Waals surface area contributed by atoms with Gasteiger partial charge in [0.15, 0.2) is 23.0 Å². The molecule has 0 aliphatic rings. The van der Waals surface area contributed by atoms with E-state index in [0.29, 0.717) is 16.1 Å². The molecule has 2 heterocycles. The summed E-state index contributed by atoms with van der Waals surface area (Å²) in [5.74, 6) is -5.37. The third-order valence-electron chi connectivity index (χ3n) is 8.26. The number of thiazole rings is 2. The molecule has 0 amide bonds. The number of esters is 1. The number of carbonyl (C=O) groups excluding carboxylic acids is 1. The zero-order valence-corrected chi connectivity index (χ0v) is 32.3. The molecule has 22 heteroatoms. The standard InChI is InChI=1S/C39H28F8N4O8S2/c40-36(41)56-29-9-6-24(13-32(29)58-38(44)45)50(17-26-15-48-19-60-26)22-3-1-21(2-4-22)11-34(52)55-31-12-23(5-8-28(31)35(53)54)51(18-27-16-49-20-61-27)25-7-10-30(57-37(42)43)33(14-25)59-39(46)47/h1-10,12-16,19-20,36-39H,11,17-18H2,(H,53,54). The van der Waals surface area contributed by atoms with Crippen LogP contribution < -0.4 is 33.5 Å². The van der Waals surface area contributed by atoms with E-state index < -0.39 is 66.9 Å². The average Bonchev–Trinajstić information content (AvgIpc) is 3.92. The first kappa shape index (κ1) is 43.9. The fraction of sp³-hybridized carbons (Fsp3) is 0.179. The van der Waals surface area contributed by atoms with Gasteiger partial charge in [-0.2, -0.15) is 35.1 Å². The van der Waals surface area contributed by atoms with Crippen molar-refractivity contribution in [2.45, 2.75) is 46.0 Å². The summed E-state index contributed by atoms with van der Waals surface area (Å²) in [4.78, 5) is 38.2. The summed E-state index contributed by atoms with van der Waals surface area (Å²) in [5.41, 5.74) is 4.10. The number of anilines is 4. The number of hydrogen-bond acceptors (Lipinski definition) is 13. The maximum Gasteiger partial charge on any atom is 0.387 e. The van der Waals surface area contributed by atoms with Crippen LogP contribution in [0.15, 0.2) is 102 Å². The van der Waals surface area contributed by atoms with E-state index in [1.54, 1.807) is 40.9 Å². The molecule has 0 aliphatic carbocycles. The summed E-state index contributed by atoms with van der Waals surface area (Å²) in [7, 11) is 0. The monoisotopic (exact) mass is 896 g/mol. The number of nitrogens with zero attached hydrogens (tertiary/aromatic N) is 4. The molecule has 0 saturated heterocycles. The first-order chi connectivity index (χ1) is 29.2. The van der Waals surface area contributed by atoms with Gasteiger partial charge < -0.3 is 38.6 Å². The molecule has 0 fully saturated rings. The molecule has 0 atom stereocenters. The van der Waals surface area contributed by atoms with Gasteiger partial charge in [0.05, 0.1) is 30.5 Å². The number of carboxylic acid groups (broad SMARTS) is 1. The second-order valence-electron chi connectivity index (χ2n) is 12.2. The van der Waals surface area contributed by atoms with Crippen LogP contribution in [0.25, 0.3) is 0 Å². The van der Waals surface area contributed by atoms with Crippen LogP contribution in [0, 0.1) is 0 Å². The molecule has 320 valence electrons. The van der Waals surface area contributed by atoms with Crippen LogP contribution in [0.2, 0.25) is 0 Å². The number of carboxylic acids is 1. The number of ether oxygens (including phenoxy) is 5. The molecule has 0 saturated carbocycles. The van der Waals surface area contributed by atoms with Gasteiger partial charge >= 0.3 is 38.4 Å². The summed E-state index contributed by atoms with van der Waals surface area (Å²) in [5, 5.41) is 9.96. The first-order valence-corrected chi connectivity index (χ1v) is 19.0. The number of alkyl halides is 8. The minimum Gasteiger partial charge on any atom is -0.478 e. The maximum absolute atomic E-state index is 13.4. The number of benzene rings is 4. The second-order valence-corrected chi connectivity index (χ2v) is 14.1. The number of aromatic carboxylic acids is 1. The van der Waals surface area contributed by atoms with Gasteiger partial charge in [-0.05, 0) is 54.1 Å². The van der Waals surface area contributed by atoms with E-state index in [0.717, 1.165) is 35.2 Å². The van der Waals surface area contributed by atoms with Crippen molar-refractivity contribution >= 4 is 57.4 Å². The number of aromatic nitrogens is 2. The Labute approximate surface area is 347 Å². The van der Waals surface area contributed by atoms with Crippen LogP contribution in [0.4, 0.5) is 57.9 Å². The fourth-order valence-corrected chi connectivity index (χ4v) is 6.93. The molecular formula is C39H28F8N4O8S2. The summed E-state index contributed by atoms with van der Waals surface area (Å²) < 4.78 is 128. The third-order valence-corrected chi connectivity index (χ3v) is 9.79. The first-order valence-electron chi connectivity index (χ1n) is 17.3. The van der Waals surface area contributed by atoms with Gasteiger partial charge in [-0.1, -0.05) is 12.1 Å². The van der Waals surface area contributed by atoms with E-state index >= 15 is 0 Å². The van der Waals surface area contributed by atoms with Crippen molar-refractivity contribution in [2.24, 2.45) is 0 Å². The molecule has 2 aromatic heterocycles. The van der Waals surface area contributed by atoms with Crippen molar-refractivity contribution in [3.63, 3.8) is 0 Å². The predicted octanol–water partition coefficient (Wildman–Crippen LogP) is 10.5. The highest BCUT2D eigenvalue weighted by Gasteiger charge is 2.24. The molecule has 0 unspecified atom stereocenters. The highest BCUT2D eigenvalue weighted by Crippen LogP contribution is 2.40. The lowest BCUT2D eigenvalue weighted by Crippen LogP contribution is -2.18. The molecule has 0 aliphatic heterocycles. The van der Waals surface area contributed by atoms with Gasteiger partial charge in [0.1, 0.15) is 11.3 Å².